The van der Waals surface area contributed by atoms with Crippen molar-refractivity contribution in [2.24, 2.45) is 0 Å². The van der Waals surface area contributed by atoms with Crippen LogP contribution in [-0.4, -0.2) is 29.6 Å². The van der Waals surface area contributed by atoms with Gasteiger partial charge in [-0.2, -0.15) is 0 Å². The molecule has 3 rings (SSSR count). The number of fused-ring (bicyclic) bond motifs is 1. The zero-order valence-electron chi connectivity index (χ0n) is 11.1. The maximum Gasteiger partial charge on any atom is 0.297 e. The van der Waals surface area contributed by atoms with Crippen LogP contribution in [0, 0.1) is 10.1 Å². The third-order valence-electron chi connectivity index (χ3n) is 3.72. The molecule has 7 nitrogen and oxygen atoms in total. The van der Waals surface area contributed by atoms with E-state index in [1.165, 1.54) is 6.07 Å². The molecule has 2 aliphatic rings. The Bertz CT molecular complexity index is 613. The van der Waals surface area contributed by atoms with E-state index in [0.717, 1.165) is 0 Å². The molecule has 0 aliphatic carbocycles. The molecule has 0 saturated carbocycles. The van der Waals surface area contributed by atoms with Gasteiger partial charge in [0.15, 0.2) is 11.4 Å². The Hall–Kier alpha value is -1.67. The van der Waals surface area contributed by atoms with Gasteiger partial charge in [-0.15, -0.1) is 0 Å². The number of carbonyl (C=O) groups excluding carboxylic acids is 1. The third-order valence-corrected chi connectivity index (χ3v) is 4.18. The fraction of sp³-hybridized carbons (Fsp3) is 0.462. The van der Waals surface area contributed by atoms with E-state index < -0.39 is 10.5 Å². The highest BCUT2D eigenvalue weighted by Crippen LogP contribution is 2.44. The molecule has 0 bridgehead atoms. The first-order valence-corrected chi connectivity index (χ1v) is 7.33. The van der Waals surface area contributed by atoms with E-state index in [1.54, 1.807) is 6.07 Å². The molecule has 1 amide bonds. The van der Waals surface area contributed by atoms with E-state index >= 15 is 0 Å². The fourth-order valence-corrected chi connectivity index (χ4v) is 3.11. The van der Waals surface area contributed by atoms with E-state index in [0.29, 0.717) is 36.3 Å². The van der Waals surface area contributed by atoms with Crippen LogP contribution in [0.3, 0.4) is 0 Å². The summed E-state index contributed by atoms with van der Waals surface area (Å²) in [5.41, 5.74) is -0.712. The van der Waals surface area contributed by atoms with Crippen LogP contribution >= 0.6 is 15.9 Å². The topological polar surface area (TPSA) is 90.7 Å². The van der Waals surface area contributed by atoms with Crippen LogP contribution in [0.2, 0.25) is 0 Å². The number of nitro groups is 1. The number of carbonyl (C=O) groups is 1. The maximum atomic E-state index is 12.1. The highest BCUT2D eigenvalue weighted by Gasteiger charge is 2.41. The van der Waals surface area contributed by atoms with Crippen molar-refractivity contribution in [2.75, 3.05) is 18.5 Å². The highest BCUT2D eigenvalue weighted by molar-refractivity contribution is 9.10. The van der Waals surface area contributed by atoms with Gasteiger partial charge < -0.3 is 14.8 Å². The number of benzene rings is 1. The average molecular weight is 357 g/mol. The van der Waals surface area contributed by atoms with Gasteiger partial charge in [0.05, 0.1) is 24.6 Å². The minimum Gasteiger partial charge on any atom is -0.484 e. The minimum absolute atomic E-state index is 0.122. The largest absolute Gasteiger partial charge is 0.484 e. The lowest BCUT2D eigenvalue weighted by atomic mass is 9.90. The van der Waals surface area contributed by atoms with Gasteiger partial charge in [-0.3, -0.25) is 14.9 Å². The van der Waals surface area contributed by atoms with Crippen molar-refractivity contribution < 1.29 is 19.2 Å². The second kappa shape index (κ2) is 5.27. The Morgan fingerprint density at radius 3 is 2.71 bits per heavy atom. The van der Waals surface area contributed by atoms with Crippen molar-refractivity contribution in [1.29, 1.82) is 0 Å². The van der Waals surface area contributed by atoms with Crippen LogP contribution < -0.4 is 10.1 Å². The molecule has 0 atom stereocenters. The number of nitro benzene ring substituents is 1. The number of rotatable bonds is 1. The van der Waals surface area contributed by atoms with Gasteiger partial charge in [0, 0.05) is 23.4 Å². The Morgan fingerprint density at radius 1 is 1.33 bits per heavy atom. The van der Waals surface area contributed by atoms with E-state index in [9.17, 15) is 14.9 Å². The molecular formula is C13H13BrN2O5. The monoisotopic (exact) mass is 356 g/mol. The van der Waals surface area contributed by atoms with Crippen molar-refractivity contribution >= 4 is 33.2 Å². The molecule has 0 aromatic heterocycles. The summed E-state index contributed by atoms with van der Waals surface area (Å²) in [6.45, 7) is 1.03. The van der Waals surface area contributed by atoms with Gasteiger partial charge in [-0.1, -0.05) is 15.9 Å². The summed E-state index contributed by atoms with van der Waals surface area (Å²) < 4.78 is 11.9. The Morgan fingerprint density at radius 2 is 2.05 bits per heavy atom. The average Bonchev–Trinajstić information content (AvgIpc) is 2.54. The van der Waals surface area contributed by atoms with E-state index in [2.05, 4.69) is 21.2 Å². The molecule has 112 valence electrons. The number of nitrogens with zero attached hydrogens (tertiary/aromatic N) is 1. The molecule has 0 radical (unpaired) electrons. The van der Waals surface area contributed by atoms with Crippen LogP contribution in [0.15, 0.2) is 16.6 Å². The van der Waals surface area contributed by atoms with Crippen LogP contribution in [0.1, 0.15) is 19.3 Å². The molecule has 2 heterocycles. The molecule has 1 aromatic rings. The number of halogens is 1. The summed E-state index contributed by atoms with van der Waals surface area (Å²) in [5, 5.41) is 13.8. The van der Waals surface area contributed by atoms with E-state index in [1.807, 2.05) is 0 Å². The third kappa shape index (κ3) is 2.73. The lowest BCUT2D eigenvalue weighted by Crippen LogP contribution is -2.43. The van der Waals surface area contributed by atoms with Crippen molar-refractivity contribution in [3.05, 3.63) is 26.7 Å². The number of hydrogen-bond acceptors (Lipinski definition) is 5. The maximum absolute atomic E-state index is 12.1. The standard InChI is InChI=1S/C13H13BrN2O5/c14-8-5-9(16(18)19)12-10(6-8)21-13(7-11(17)15-12)1-3-20-4-2-13/h5-6H,1-4,7H2,(H,15,17). The predicted molar refractivity (Wildman–Crippen MR) is 77.5 cm³/mol. The summed E-state index contributed by atoms with van der Waals surface area (Å²) in [7, 11) is 0. The molecule has 21 heavy (non-hydrogen) atoms. The molecule has 0 unspecified atom stereocenters. The van der Waals surface area contributed by atoms with Gasteiger partial charge in [0.2, 0.25) is 5.91 Å². The van der Waals surface area contributed by atoms with Crippen LogP contribution in [0.25, 0.3) is 0 Å². The van der Waals surface area contributed by atoms with Gasteiger partial charge in [-0.25, -0.2) is 0 Å². The molecule has 1 fully saturated rings. The Labute approximate surface area is 128 Å². The first-order valence-electron chi connectivity index (χ1n) is 6.54. The summed E-state index contributed by atoms with van der Waals surface area (Å²) in [4.78, 5) is 22.7. The summed E-state index contributed by atoms with van der Waals surface area (Å²) >= 11 is 3.24. The highest BCUT2D eigenvalue weighted by atomic mass is 79.9. The van der Waals surface area contributed by atoms with Crippen LogP contribution in [0.4, 0.5) is 11.4 Å². The van der Waals surface area contributed by atoms with Crippen molar-refractivity contribution in [3.63, 3.8) is 0 Å². The molecular weight excluding hydrogens is 344 g/mol. The van der Waals surface area contributed by atoms with Gasteiger partial charge >= 0.3 is 0 Å². The smallest absolute Gasteiger partial charge is 0.297 e. The predicted octanol–water partition coefficient (Wildman–Crippen LogP) is 2.63. The lowest BCUT2D eigenvalue weighted by Gasteiger charge is -2.35. The minimum atomic E-state index is -0.651. The number of nitrogens with one attached hydrogen (secondary N) is 1. The second-order valence-corrected chi connectivity index (χ2v) is 6.09. The normalized spacial score (nSPS) is 20.1. The number of hydrogen-bond donors (Lipinski definition) is 1. The van der Waals surface area contributed by atoms with Gasteiger partial charge in [0.25, 0.3) is 5.69 Å². The van der Waals surface area contributed by atoms with Crippen molar-refractivity contribution in [1.82, 2.24) is 0 Å². The SMILES string of the molecule is O=C1CC2(CCOCC2)Oc2cc(Br)cc([N+](=O)[O-])c2N1. The number of anilines is 1. The van der Waals surface area contributed by atoms with Crippen LogP contribution in [-0.2, 0) is 9.53 Å². The van der Waals surface area contributed by atoms with Gasteiger partial charge in [0.1, 0.15) is 5.60 Å². The first kappa shape index (κ1) is 14.3. The number of ether oxygens (including phenoxy) is 2. The molecule has 1 aromatic carbocycles. The van der Waals surface area contributed by atoms with Crippen molar-refractivity contribution in [2.45, 2.75) is 24.9 Å². The second-order valence-electron chi connectivity index (χ2n) is 5.18. The summed E-state index contributed by atoms with van der Waals surface area (Å²) in [5.74, 6) is 0.0462. The molecule has 8 heteroatoms. The number of amides is 1. The first-order chi connectivity index (χ1) is 9.99. The Balaban J connectivity index is 2.08. The van der Waals surface area contributed by atoms with Crippen LogP contribution in [0.5, 0.6) is 5.75 Å². The zero-order chi connectivity index (χ0) is 15.0. The quantitative estimate of drug-likeness (QED) is 0.616. The fourth-order valence-electron chi connectivity index (χ4n) is 2.69. The van der Waals surface area contributed by atoms with E-state index in [-0.39, 0.29) is 23.7 Å². The van der Waals surface area contributed by atoms with E-state index in [4.69, 9.17) is 9.47 Å². The van der Waals surface area contributed by atoms with Gasteiger partial charge in [-0.05, 0) is 6.07 Å². The lowest BCUT2D eigenvalue weighted by molar-refractivity contribution is -0.384. The summed E-state index contributed by atoms with van der Waals surface area (Å²) in [6.07, 6.45) is 1.33. The summed E-state index contributed by atoms with van der Waals surface area (Å²) in [6, 6.07) is 3.00. The molecule has 1 spiro atoms. The molecule has 2 aliphatic heterocycles. The van der Waals surface area contributed by atoms with Crippen molar-refractivity contribution in [3.8, 4) is 5.75 Å². The Kier molecular flexibility index (Phi) is 3.58. The zero-order valence-corrected chi connectivity index (χ0v) is 12.6. The molecule has 1 N–H and O–H groups in total. The molecule has 1 saturated heterocycles.